The first-order valence-corrected chi connectivity index (χ1v) is 13.4. The second kappa shape index (κ2) is 11.2. The first-order chi connectivity index (χ1) is 18.8. The van der Waals surface area contributed by atoms with Gasteiger partial charge in [0.05, 0.1) is 0 Å². The second-order valence-electron chi connectivity index (χ2n) is 9.25. The molecule has 0 spiro atoms. The average molecular weight is 541 g/mol. The SMILES string of the molecule is C=C(C)C(=O)OCCOc1ccc2c(ccc3sc4c5cccc(OCCOC(=O)C(=C)C)c5ccc4c32)c1. The predicted molar refractivity (Wildman–Crippen MR) is 157 cm³/mol. The molecule has 5 rings (SSSR count). The van der Waals surface area contributed by atoms with Crippen molar-refractivity contribution in [1.29, 1.82) is 0 Å². The third-order valence-electron chi connectivity index (χ3n) is 6.26. The van der Waals surface area contributed by atoms with Crippen LogP contribution in [0.1, 0.15) is 13.8 Å². The van der Waals surface area contributed by atoms with Gasteiger partial charge < -0.3 is 18.9 Å². The molecule has 0 aliphatic carbocycles. The van der Waals surface area contributed by atoms with E-state index in [4.69, 9.17) is 18.9 Å². The fraction of sp³-hybridized carbons (Fsp3) is 0.188. The zero-order valence-electron chi connectivity index (χ0n) is 21.9. The number of carbonyl (C=O) groups is 2. The summed E-state index contributed by atoms with van der Waals surface area (Å²) in [5, 5.41) is 6.72. The summed E-state index contributed by atoms with van der Waals surface area (Å²) < 4.78 is 24.4. The minimum absolute atomic E-state index is 0.157. The number of hydrogen-bond acceptors (Lipinski definition) is 7. The Morgan fingerprint density at radius 3 is 2.10 bits per heavy atom. The number of benzene rings is 4. The third kappa shape index (κ3) is 5.45. The molecule has 0 bridgehead atoms. The van der Waals surface area contributed by atoms with Crippen LogP contribution in [0.4, 0.5) is 0 Å². The van der Waals surface area contributed by atoms with Crippen LogP contribution in [-0.4, -0.2) is 38.4 Å². The molecule has 0 fully saturated rings. The molecule has 4 aromatic carbocycles. The number of carbonyl (C=O) groups excluding carboxylic acids is 2. The van der Waals surface area contributed by atoms with E-state index in [1.807, 2.05) is 24.3 Å². The molecule has 0 amide bonds. The van der Waals surface area contributed by atoms with E-state index in [0.29, 0.717) is 16.9 Å². The van der Waals surface area contributed by atoms with Gasteiger partial charge in [0.1, 0.15) is 37.9 Å². The van der Waals surface area contributed by atoms with Gasteiger partial charge in [-0.15, -0.1) is 11.3 Å². The molecule has 0 radical (unpaired) electrons. The van der Waals surface area contributed by atoms with Gasteiger partial charge in [-0.1, -0.05) is 43.5 Å². The molecule has 39 heavy (non-hydrogen) atoms. The number of esters is 2. The fourth-order valence-electron chi connectivity index (χ4n) is 4.41. The second-order valence-corrected chi connectivity index (χ2v) is 10.3. The van der Waals surface area contributed by atoms with E-state index in [1.165, 1.54) is 20.2 Å². The topological polar surface area (TPSA) is 71.1 Å². The first-order valence-electron chi connectivity index (χ1n) is 12.5. The Morgan fingerprint density at radius 2 is 1.38 bits per heavy atom. The van der Waals surface area contributed by atoms with Crippen molar-refractivity contribution in [1.82, 2.24) is 0 Å². The van der Waals surface area contributed by atoms with Gasteiger partial charge in [0, 0.05) is 42.1 Å². The third-order valence-corrected chi connectivity index (χ3v) is 7.47. The van der Waals surface area contributed by atoms with E-state index in [1.54, 1.807) is 25.2 Å². The van der Waals surface area contributed by atoms with Gasteiger partial charge in [-0.05, 0) is 55.0 Å². The lowest BCUT2D eigenvalue weighted by Crippen LogP contribution is -2.12. The molecule has 7 heteroatoms. The molecule has 6 nitrogen and oxygen atoms in total. The van der Waals surface area contributed by atoms with Crippen molar-refractivity contribution in [2.45, 2.75) is 13.8 Å². The van der Waals surface area contributed by atoms with E-state index >= 15 is 0 Å². The van der Waals surface area contributed by atoms with Gasteiger partial charge in [0.2, 0.25) is 0 Å². The van der Waals surface area contributed by atoms with Crippen molar-refractivity contribution >= 4 is 65.0 Å². The maximum absolute atomic E-state index is 11.6. The zero-order chi connectivity index (χ0) is 27.5. The Bertz CT molecular complexity index is 1760. The van der Waals surface area contributed by atoms with Crippen LogP contribution < -0.4 is 9.47 Å². The van der Waals surface area contributed by atoms with Crippen molar-refractivity contribution in [2.75, 3.05) is 26.4 Å². The largest absolute Gasteiger partial charge is 0.490 e. The Morgan fingerprint density at radius 1 is 0.718 bits per heavy atom. The molecular weight excluding hydrogens is 512 g/mol. The molecule has 0 unspecified atom stereocenters. The minimum atomic E-state index is -0.418. The summed E-state index contributed by atoms with van der Waals surface area (Å²) in [6.07, 6.45) is 0. The molecule has 0 aliphatic rings. The number of ether oxygens (including phenoxy) is 4. The zero-order valence-corrected chi connectivity index (χ0v) is 22.7. The van der Waals surface area contributed by atoms with Crippen molar-refractivity contribution in [3.05, 3.63) is 85.0 Å². The summed E-state index contributed by atoms with van der Waals surface area (Å²) >= 11 is 1.75. The molecule has 1 aromatic heterocycles. The van der Waals surface area contributed by atoms with Gasteiger partial charge in [-0.25, -0.2) is 9.59 Å². The summed E-state index contributed by atoms with van der Waals surface area (Å²) in [5.74, 6) is 0.630. The van der Waals surface area contributed by atoms with Crippen LogP contribution in [0, 0.1) is 0 Å². The summed E-state index contributed by atoms with van der Waals surface area (Å²) in [4.78, 5) is 23.1. The number of thiophene rings is 1. The molecule has 0 N–H and O–H groups in total. The van der Waals surface area contributed by atoms with E-state index in [9.17, 15) is 9.59 Å². The van der Waals surface area contributed by atoms with Crippen LogP contribution in [0.3, 0.4) is 0 Å². The summed E-state index contributed by atoms with van der Waals surface area (Å²) in [7, 11) is 0. The maximum Gasteiger partial charge on any atom is 0.333 e. The standard InChI is InChI=1S/C32H28O6S/c1-19(2)31(33)37-16-14-35-22-9-10-23-21(18-22)8-13-28-29(23)26-12-11-24-25(30(26)39-28)6-5-7-27(24)36-15-17-38-32(34)20(3)4/h5-13,18H,1,3,14-17H2,2,4H3. The molecule has 0 aliphatic heterocycles. The number of hydrogen-bond donors (Lipinski definition) is 0. The smallest absolute Gasteiger partial charge is 0.333 e. The number of rotatable bonds is 10. The van der Waals surface area contributed by atoms with Crippen LogP contribution in [0.25, 0.3) is 41.7 Å². The van der Waals surface area contributed by atoms with Crippen LogP contribution in [0.15, 0.2) is 85.0 Å². The highest BCUT2D eigenvalue weighted by Crippen LogP contribution is 2.43. The van der Waals surface area contributed by atoms with Gasteiger partial charge in [-0.3, -0.25) is 0 Å². The van der Waals surface area contributed by atoms with Crippen LogP contribution >= 0.6 is 11.3 Å². The number of fused-ring (bicyclic) bond motifs is 7. The average Bonchev–Trinajstić information content (AvgIpc) is 3.32. The Hall–Kier alpha value is -4.36. The highest BCUT2D eigenvalue weighted by Gasteiger charge is 2.14. The first kappa shape index (κ1) is 26.3. The molecule has 0 saturated carbocycles. The Kier molecular flexibility index (Phi) is 7.52. The summed E-state index contributed by atoms with van der Waals surface area (Å²) in [5.41, 5.74) is 0.732. The minimum Gasteiger partial charge on any atom is -0.490 e. The normalized spacial score (nSPS) is 11.1. The molecular formula is C32H28O6S. The van der Waals surface area contributed by atoms with Crippen LogP contribution in [0.5, 0.6) is 11.5 Å². The van der Waals surface area contributed by atoms with Crippen LogP contribution in [0.2, 0.25) is 0 Å². The lowest BCUT2D eigenvalue weighted by molar-refractivity contribution is -0.140. The lowest BCUT2D eigenvalue weighted by atomic mass is 10.0. The van der Waals surface area contributed by atoms with E-state index in [0.717, 1.165) is 27.3 Å². The van der Waals surface area contributed by atoms with Crippen molar-refractivity contribution in [3.63, 3.8) is 0 Å². The highest BCUT2D eigenvalue weighted by atomic mass is 32.1. The quantitative estimate of drug-likeness (QED) is 0.105. The summed E-state index contributed by atoms with van der Waals surface area (Å²) in [6.45, 7) is 11.2. The van der Waals surface area contributed by atoms with Crippen molar-refractivity contribution in [3.8, 4) is 11.5 Å². The van der Waals surface area contributed by atoms with Crippen molar-refractivity contribution < 1.29 is 28.5 Å². The molecule has 5 aromatic rings. The molecule has 0 saturated heterocycles. The Balaban J connectivity index is 1.40. The van der Waals surface area contributed by atoms with Gasteiger partial charge in [-0.2, -0.15) is 0 Å². The predicted octanol–water partition coefficient (Wildman–Crippen LogP) is 7.36. The molecule has 198 valence electrons. The maximum atomic E-state index is 11.6. The van der Waals surface area contributed by atoms with Crippen molar-refractivity contribution in [2.24, 2.45) is 0 Å². The van der Waals surface area contributed by atoms with E-state index in [2.05, 4.69) is 49.6 Å². The fourth-order valence-corrected chi connectivity index (χ4v) is 5.66. The van der Waals surface area contributed by atoms with E-state index in [-0.39, 0.29) is 26.4 Å². The molecule has 0 atom stereocenters. The monoisotopic (exact) mass is 540 g/mol. The molecule has 1 heterocycles. The summed E-state index contributed by atoms with van der Waals surface area (Å²) in [6, 6.07) is 20.5. The van der Waals surface area contributed by atoms with E-state index < -0.39 is 11.9 Å². The van der Waals surface area contributed by atoms with Gasteiger partial charge in [0.15, 0.2) is 0 Å². The Labute approximate surface area is 230 Å². The van der Waals surface area contributed by atoms with Gasteiger partial charge in [0.25, 0.3) is 0 Å². The van der Waals surface area contributed by atoms with Gasteiger partial charge >= 0.3 is 11.9 Å². The van der Waals surface area contributed by atoms with Crippen LogP contribution in [-0.2, 0) is 19.1 Å². The highest BCUT2D eigenvalue weighted by molar-refractivity contribution is 7.26. The lowest BCUT2D eigenvalue weighted by Gasteiger charge is -2.11.